The summed E-state index contributed by atoms with van der Waals surface area (Å²) in [6, 6.07) is 17.5. The van der Waals surface area contributed by atoms with Gasteiger partial charge in [-0.1, -0.05) is 0 Å². The van der Waals surface area contributed by atoms with Crippen LogP contribution in [0.3, 0.4) is 0 Å². The molecule has 0 heterocycles. The second-order valence-electron chi connectivity index (χ2n) is 9.12. The Morgan fingerprint density at radius 2 is 1.48 bits per heavy atom. The predicted molar refractivity (Wildman–Crippen MR) is 130 cm³/mol. The van der Waals surface area contributed by atoms with Gasteiger partial charge in [-0.05, 0) is 0 Å². The molecule has 0 fully saturated rings. The zero-order valence-corrected chi connectivity index (χ0v) is 22.7. The summed E-state index contributed by atoms with van der Waals surface area (Å²) >= 11 is -4.09. The van der Waals surface area contributed by atoms with Gasteiger partial charge in [-0.3, -0.25) is 0 Å². The molecule has 0 aromatic heterocycles. The molecule has 2 aliphatic rings. The van der Waals surface area contributed by atoms with E-state index in [0.29, 0.717) is 9.54 Å². The van der Waals surface area contributed by atoms with Crippen molar-refractivity contribution in [2.24, 2.45) is 0 Å². The van der Waals surface area contributed by atoms with Crippen LogP contribution in [0.25, 0.3) is 12.2 Å². The van der Waals surface area contributed by atoms with Crippen molar-refractivity contribution in [2.75, 3.05) is 0 Å². The predicted octanol–water partition coefficient (Wildman–Crippen LogP) is 8.52. The first-order chi connectivity index (χ1) is 13.9. The fraction of sp³-hybridized carbons (Fsp3) is 0.360. The Morgan fingerprint density at radius 1 is 0.897 bits per heavy atom. The average Bonchev–Trinajstić information content (AvgIpc) is 3.33. The molecule has 0 saturated heterocycles. The van der Waals surface area contributed by atoms with Crippen LogP contribution in [0.1, 0.15) is 58.0 Å². The molecule has 0 nitrogen and oxygen atoms in total. The molecule has 0 bridgehead atoms. The summed E-state index contributed by atoms with van der Waals surface area (Å²) in [6.45, 7) is 7.13. The molecule has 3 atom stereocenters. The third-order valence-corrected chi connectivity index (χ3v) is 62.5. The zero-order chi connectivity index (χ0) is 20.7. The Hall–Kier alpha value is -0.400. The zero-order valence-electron chi connectivity index (χ0n) is 17.6. The van der Waals surface area contributed by atoms with E-state index in [9.17, 15) is 0 Å². The molecule has 3 unspecified atom stereocenters. The standard InChI is InChI=1S/C14H17.C9H7.C2H7Si.2ClH.Zr/c1-2-3-4-7-12-10-11-13-8-5-6-9-14(12)13;1-2-5-9-7-3-6-8(9)4-1;1-3-2;;;/h3,5-6,8-12H,2,4,7H2,1H3;1-7H;3H,1-2H3;2*1H;/q;;;;;+2/p-2. The van der Waals surface area contributed by atoms with Gasteiger partial charge in [0.15, 0.2) is 0 Å². The molecule has 0 aliphatic heterocycles. The Bertz CT molecular complexity index is 963. The summed E-state index contributed by atoms with van der Waals surface area (Å²) in [5, 5.41) is 0. The molecular formula is C25H31Cl2SiZr. The van der Waals surface area contributed by atoms with Gasteiger partial charge in [0.2, 0.25) is 0 Å². The fourth-order valence-electron chi connectivity index (χ4n) is 5.64. The molecule has 0 amide bonds. The van der Waals surface area contributed by atoms with Crippen LogP contribution in [0.15, 0.2) is 60.7 Å². The Kier molecular flexibility index (Phi) is 6.22. The van der Waals surface area contributed by atoms with Gasteiger partial charge in [0, 0.05) is 0 Å². The van der Waals surface area contributed by atoms with E-state index >= 15 is 0 Å². The van der Waals surface area contributed by atoms with E-state index < -0.39 is 21.5 Å². The van der Waals surface area contributed by atoms with Crippen LogP contribution >= 0.6 is 17.0 Å². The Morgan fingerprint density at radius 3 is 2.14 bits per heavy atom. The quantitative estimate of drug-likeness (QED) is 0.320. The summed E-state index contributed by atoms with van der Waals surface area (Å²) in [5.74, 6) is -0.757. The van der Waals surface area contributed by atoms with Gasteiger partial charge in [0.1, 0.15) is 0 Å². The van der Waals surface area contributed by atoms with Gasteiger partial charge >= 0.3 is 186 Å². The van der Waals surface area contributed by atoms with E-state index in [-0.39, 0.29) is 3.63 Å². The van der Waals surface area contributed by atoms with Crippen molar-refractivity contribution in [3.8, 4) is 0 Å². The van der Waals surface area contributed by atoms with Crippen molar-refractivity contribution in [2.45, 2.75) is 52.4 Å². The molecule has 4 heteroatoms. The number of rotatable bonds is 7. The summed E-state index contributed by atoms with van der Waals surface area (Å²) in [7, 11) is 15.8. The van der Waals surface area contributed by atoms with Gasteiger partial charge < -0.3 is 0 Å². The molecule has 153 valence electrons. The van der Waals surface area contributed by atoms with Crippen LogP contribution in [0.5, 0.6) is 0 Å². The molecule has 29 heavy (non-hydrogen) atoms. The van der Waals surface area contributed by atoms with Crippen LogP contribution in [0, 0.1) is 0 Å². The first-order valence-electron chi connectivity index (χ1n) is 11.0. The number of hydrogen-bond donors (Lipinski definition) is 0. The molecule has 0 spiro atoms. The minimum absolute atomic E-state index is 0.277. The van der Waals surface area contributed by atoms with Crippen LogP contribution in [-0.4, -0.2) is 5.92 Å². The Labute approximate surface area is 184 Å². The maximum atomic E-state index is 7.88. The maximum absolute atomic E-state index is 7.88. The van der Waals surface area contributed by atoms with E-state index in [0.717, 1.165) is 19.3 Å². The van der Waals surface area contributed by atoms with Crippen molar-refractivity contribution in [1.29, 1.82) is 0 Å². The van der Waals surface area contributed by atoms with E-state index in [2.05, 4.69) is 92.9 Å². The first kappa shape index (κ1) is 21.8. The number of halogens is 2. The van der Waals surface area contributed by atoms with E-state index in [1.807, 2.05) is 0 Å². The number of allylic oxidation sites excluding steroid dienone is 2. The Balaban J connectivity index is 1.63. The average molecular weight is 522 g/mol. The second kappa shape index (κ2) is 8.27. The van der Waals surface area contributed by atoms with Crippen molar-refractivity contribution in [1.82, 2.24) is 0 Å². The van der Waals surface area contributed by atoms with Crippen molar-refractivity contribution >= 4 is 35.1 Å². The van der Waals surface area contributed by atoms with E-state index in [1.165, 1.54) is 22.3 Å². The van der Waals surface area contributed by atoms with Crippen LogP contribution < -0.4 is 0 Å². The third-order valence-electron chi connectivity index (χ3n) is 7.50. The topological polar surface area (TPSA) is 0 Å². The minimum atomic E-state index is -4.09. The van der Waals surface area contributed by atoms with E-state index in [1.54, 1.807) is 0 Å². The number of benzene rings is 2. The van der Waals surface area contributed by atoms with Crippen LogP contribution in [-0.2, 0) is 15.6 Å². The summed E-state index contributed by atoms with van der Waals surface area (Å²) < 4.78 is 0.743. The van der Waals surface area contributed by atoms with Crippen LogP contribution in [0.4, 0.5) is 0 Å². The van der Waals surface area contributed by atoms with Gasteiger partial charge in [0.05, 0.1) is 0 Å². The van der Waals surface area contributed by atoms with Crippen molar-refractivity contribution < 1.29 is 15.6 Å². The fourth-order valence-corrected chi connectivity index (χ4v) is 37.2. The summed E-state index contributed by atoms with van der Waals surface area (Å²) in [6.07, 6.45) is 12.6. The van der Waals surface area contributed by atoms with Gasteiger partial charge in [0.25, 0.3) is 0 Å². The van der Waals surface area contributed by atoms with Gasteiger partial charge in [-0.25, -0.2) is 0 Å². The third kappa shape index (κ3) is 3.63. The first-order valence-corrected chi connectivity index (χ1v) is 27.3. The molecule has 2 aromatic rings. The summed E-state index contributed by atoms with van der Waals surface area (Å²) in [4.78, 5) is 0. The molecule has 0 N–H and O–H groups in total. The second-order valence-corrected chi connectivity index (χ2v) is 52.3. The molecule has 4 rings (SSSR count). The van der Waals surface area contributed by atoms with E-state index in [4.69, 9.17) is 17.0 Å². The van der Waals surface area contributed by atoms with Crippen LogP contribution in [0.2, 0.25) is 16.7 Å². The molecule has 0 radical (unpaired) electrons. The molecule has 2 aliphatic carbocycles. The van der Waals surface area contributed by atoms with Crippen molar-refractivity contribution in [3.05, 3.63) is 82.9 Å². The molecular weight excluding hydrogens is 490 g/mol. The normalized spacial score (nSPS) is 22.3. The SMILES string of the molecule is CC[CH](CCC1C=Cc2ccccc21)[Zr]([Cl])([Cl])([CH]1C=Cc2ccccc21)[SiH](C)C. The molecule has 2 aromatic carbocycles. The number of hydrogen-bond acceptors (Lipinski definition) is 0. The van der Waals surface area contributed by atoms with Crippen molar-refractivity contribution in [3.63, 3.8) is 0 Å². The number of fused-ring (bicyclic) bond motifs is 2. The van der Waals surface area contributed by atoms with Gasteiger partial charge in [-0.15, -0.1) is 0 Å². The molecule has 0 saturated carbocycles. The summed E-state index contributed by atoms with van der Waals surface area (Å²) in [5.41, 5.74) is 5.54. The monoisotopic (exact) mass is 519 g/mol. The van der Waals surface area contributed by atoms with Gasteiger partial charge in [-0.2, -0.15) is 0 Å².